The molecule has 0 radical (unpaired) electrons. The zero-order valence-electron chi connectivity index (χ0n) is 16.6. The van der Waals surface area contributed by atoms with E-state index in [1.165, 1.54) is 4.68 Å². The Labute approximate surface area is 168 Å². The molecule has 3 heterocycles. The molecule has 3 fully saturated rings. The minimum Gasteiger partial charge on any atom is -0.375 e. The Balaban J connectivity index is 1.44. The molecule has 1 aromatic heterocycles. The van der Waals surface area contributed by atoms with Crippen LogP contribution < -0.4 is 16.0 Å². The summed E-state index contributed by atoms with van der Waals surface area (Å²) in [6.07, 6.45) is 3.53. The van der Waals surface area contributed by atoms with E-state index < -0.39 is 0 Å². The Bertz CT molecular complexity index is 1010. The highest BCUT2D eigenvalue weighted by molar-refractivity contribution is 6.11. The number of aromatic nitrogens is 2. The molecular weight excluding hydrogens is 372 g/mol. The van der Waals surface area contributed by atoms with Gasteiger partial charge < -0.3 is 10.1 Å². The van der Waals surface area contributed by atoms with E-state index in [0.717, 1.165) is 48.6 Å². The highest BCUT2D eigenvalue weighted by Gasteiger charge is 2.35. The second-order valence-electron chi connectivity index (χ2n) is 8.47. The second kappa shape index (κ2) is 7.11. The monoisotopic (exact) mass is 398 g/mol. The minimum atomic E-state index is -0.354. The Morgan fingerprint density at radius 3 is 2.48 bits per heavy atom. The fraction of sp³-hybridized carbons (Fsp3) is 0.571. The minimum absolute atomic E-state index is 0.287. The predicted molar refractivity (Wildman–Crippen MR) is 107 cm³/mol. The van der Waals surface area contributed by atoms with Gasteiger partial charge in [0.1, 0.15) is 0 Å². The smallest absolute Gasteiger partial charge is 0.348 e. The number of hydrogen-bond acceptors (Lipinski definition) is 5. The maximum absolute atomic E-state index is 13.0. The summed E-state index contributed by atoms with van der Waals surface area (Å²) in [4.78, 5) is 37.8. The first kappa shape index (κ1) is 18.6. The lowest BCUT2D eigenvalue weighted by atomic mass is 9.71. The Morgan fingerprint density at radius 2 is 1.83 bits per heavy atom. The molecule has 0 bridgehead atoms. The fourth-order valence-corrected chi connectivity index (χ4v) is 4.69. The van der Waals surface area contributed by atoms with E-state index >= 15 is 0 Å². The van der Waals surface area contributed by atoms with Crippen LogP contribution in [0.25, 0.3) is 11.0 Å². The van der Waals surface area contributed by atoms with Crippen molar-refractivity contribution < 1.29 is 14.3 Å². The molecule has 1 saturated carbocycles. The number of imide groups is 1. The fourth-order valence-electron chi connectivity index (χ4n) is 4.69. The van der Waals surface area contributed by atoms with E-state index in [1.54, 1.807) is 11.6 Å². The Kier molecular flexibility index (Phi) is 4.55. The van der Waals surface area contributed by atoms with Gasteiger partial charge in [0.05, 0.1) is 17.1 Å². The van der Waals surface area contributed by atoms with Crippen molar-refractivity contribution in [3.8, 4) is 0 Å². The lowest BCUT2D eigenvalue weighted by Crippen LogP contribution is -2.52. The highest BCUT2D eigenvalue weighted by atomic mass is 16.5. The van der Waals surface area contributed by atoms with E-state index in [4.69, 9.17) is 4.74 Å². The third kappa shape index (κ3) is 3.02. The molecule has 5 rings (SSSR count). The van der Waals surface area contributed by atoms with Gasteiger partial charge in [0.2, 0.25) is 11.8 Å². The van der Waals surface area contributed by atoms with Crippen molar-refractivity contribution in [2.45, 2.75) is 44.1 Å². The number of carbonyl (C=O) groups excluding carboxylic acids is 2. The van der Waals surface area contributed by atoms with Crippen molar-refractivity contribution in [3.05, 3.63) is 34.2 Å². The first-order valence-electron chi connectivity index (χ1n) is 10.4. The van der Waals surface area contributed by atoms with Crippen LogP contribution in [-0.4, -0.2) is 46.9 Å². The van der Waals surface area contributed by atoms with Gasteiger partial charge in [-0.3, -0.25) is 14.2 Å². The van der Waals surface area contributed by atoms with Gasteiger partial charge >= 0.3 is 5.69 Å². The quantitative estimate of drug-likeness (QED) is 0.760. The number of carbonyl (C=O) groups is 2. The predicted octanol–water partition coefficient (Wildman–Crippen LogP) is 0.997. The molecule has 2 aliphatic heterocycles. The van der Waals surface area contributed by atoms with E-state index in [0.29, 0.717) is 29.9 Å². The zero-order valence-corrected chi connectivity index (χ0v) is 16.6. The molecule has 2 amide bonds. The Morgan fingerprint density at radius 1 is 1.10 bits per heavy atom. The molecule has 8 heteroatoms. The molecule has 154 valence electrons. The lowest BCUT2D eigenvalue weighted by molar-refractivity contribution is -0.131. The number of hydrogen-bond donors (Lipinski definition) is 1. The average molecular weight is 398 g/mol. The molecule has 1 aromatic carbocycles. The molecule has 1 N–H and O–H groups in total. The van der Waals surface area contributed by atoms with Gasteiger partial charge in [0.15, 0.2) is 0 Å². The average Bonchev–Trinajstić information content (AvgIpc) is 2.87. The van der Waals surface area contributed by atoms with E-state index in [-0.39, 0.29) is 30.3 Å². The summed E-state index contributed by atoms with van der Waals surface area (Å²) in [7, 11) is 1.71. The number of ether oxygens (including phenoxy) is 1. The number of para-hydroxylation sites is 1. The summed E-state index contributed by atoms with van der Waals surface area (Å²) in [5.41, 5.74) is 2.20. The number of imidazole rings is 1. The van der Waals surface area contributed by atoms with Crippen LogP contribution in [0.2, 0.25) is 0 Å². The van der Waals surface area contributed by atoms with Crippen LogP contribution in [0.4, 0.5) is 0 Å². The normalized spacial score (nSPS) is 25.3. The second-order valence-corrected chi connectivity index (χ2v) is 8.47. The number of piperidine rings is 1. The maximum atomic E-state index is 13.0. The third-order valence-electron chi connectivity index (χ3n) is 6.52. The number of aryl methyl sites for hydroxylation is 1. The molecule has 29 heavy (non-hydrogen) atoms. The standard InChI is InChI=1S/C21H26N4O4/c1-23-20-16(14-8-13(9-14)12-29-15-10-22-11-15)4-2-5-17(20)24(21(23)28)25-18(26)6-3-7-19(25)27/h2,4-5,13-15,22H,3,6-12H2,1H3. The van der Waals surface area contributed by atoms with Crippen LogP contribution in [0.1, 0.15) is 43.6 Å². The lowest BCUT2D eigenvalue weighted by Gasteiger charge is -2.38. The zero-order chi connectivity index (χ0) is 20.1. The van der Waals surface area contributed by atoms with Crippen LogP contribution in [0.3, 0.4) is 0 Å². The molecule has 0 spiro atoms. The number of amides is 2. The van der Waals surface area contributed by atoms with E-state index in [9.17, 15) is 14.4 Å². The summed E-state index contributed by atoms with van der Waals surface area (Å²) in [5.74, 6) is 0.279. The van der Waals surface area contributed by atoms with E-state index in [2.05, 4.69) is 11.4 Å². The van der Waals surface area contributed by atoms with Gasteiger partial charge in [-0.2, -0.15) is 9.69 Å². The maximum Gasteiger partial charge on any atom is 0.348 e. The summed E-state index contributed by atoms with van der Waals surface area (Å²) in [6, 6.07) is 5.79. The van der Waals surface area contributed by atoms with Gasteiger partial charge in [-0.05, 0) is 42.7 Å². The summed E-state index contributed by atoms with van der Waals surface area (Å²) in [5, 5.41) is 4.25. The molecular formula is C21H26N4O4. The molecule has 0 unspecified atom stereocenters. The topological polar surface area (TPSA) is 85.6 Å². The van der Waals surface area contributed by atoms with Crippen molar-refractivity contribution in [2.75, 3.05) is 24.7 Å². The number of nitrogens with zero attached hydrogens (tertiary/aromatic N) is 3. The molecule has 3 aliphatic rings. The Hall–Kier alpha value is -2.45. The van der Waals surface area contributed by atoms with Gasteiger partial charge in [-0.1, -0.05) is 12.1 Å². The van der Waals surface area contributed by atoms with Gasteiger partial charge in [-0.15, -0.1) is 0 Å². The van der Waals surface area contributed by atoms with Gasteiger partial charge in [-0.25, -0.2) is 4.79 Å². The van der Waals surface area contributed by atoms with Gasteiger partial charge in [0.25, 0.3) is 0 Å². The molecule has 2 aromatic rings. The van der Waals surface area contributed by atoms with Crippen LogP contribution in [-0.2, 0) is 21.4 Å². The number of rotatable bonds is 5. The molecule has 0 atom stereocenters. The van der Waals surface area contributed by atoms with Gasteiger partial charge in [0, 0.05) is 39.6 Å². The summed E-state index contributed by atoms with van der Waals surface area (Å²) >= 11 is 0. The van der Waals surface area contributed by atoms with Crippen molar-refractivity contribution in [3.63, 3.8) is 0 Å². The number of fused-ring (bicyclic) bond motifs is 1. The van der Waals surface area contributed by atoms with Crippen molar-refractivity contribution in [1.29, 1.82) is 0 Å². The SMILES string of the molecule is Cn1c(=O)n(N2C(=O)CCCC2=O)c2cccc(C3CC(COC4CNC4)C3)c21. The molecule has 8 nitrogen and oxygen atoms in total. The van der Waals surface area contributed by atoms with Crippen molar-refractivity contribution >= 4 is 22.8 Å². The van der Waals surface area contributed by atoms with Crippen LogP contribution in [0.5, 0.6) is 0 Å². The summed E-state index contributed by atoms with van der Waals surface area (Å²) < 4.78 is 8.74. The van der Waals surface area contributed by atoms with Crippen LogP contribution in [0.15, 0.2) is 23.0 Å². The van der Waals surface area contributed by atoms with Crippen LogP contribution in [0, 0.1) is 5.92 Å². The number of benzene rings is 1. The first-order valence-corrected chi connectivity index (χ1v) is 10.4. The number of nitrogens with one attached hydrogen (secondary N) is 1. The first-order chi connectivity index (χ1) is 14.0. The highest BCUT2D eigenvalue weighted by Crippen LogP contribution is 2.44. The summed E-state index contributed by atoms with van der Waals surface area (Å²) in [6.45, 7) is 2.67. The van der Waals surface area contributed by atoms with E-state index in [1.807, 2.05) is 12.1 Å². The third-order valence-corrected chi connectivity index (χ3v) is 6.52. The van der Waals surface area contributed by atoms with Crippen molar-refractivity contribution in [1.82, 2.24) is 14.6 Å². The van der Waals surface area contributed by atoms with Crippen molar-refractivity contribution in [2.24, 2.45) is 13.0 Å². The molecule has 2 saturated heterocycles. The molecule has 1 aliphatic carbocycles. The largest absolute Gasteiger partial charge is 0.375 e. The van der Waals surface area contributed by atoms with Crippen LogP contribution >= 0.6 is 0 Å².